The van der Waals surface area contributed by atoms with Gasteiger partial charge in [-0.1, -0.05) is 6.07 Å². The van der Waals surface area contributed by atoms with E-state index in [9.17, 15) is 17.6 Å². The minimum Gasteiger partial charge on any atom is -0.367 e. The van der Waals surface area contributed by atoms with Crippen LogP contribution in [0.25, 0.3) is 11.5 Å². The molecular formula is C45H65ClF4N8Sn. The molecule has 4 aromatic heterocycles. The molecule has 2 saturated carbocycles. The topological polar surface area (TPSA) is 101 Å². The Hall–Kier alpha value is -3.13. The Bertz CT molecular complexity index is 1850. The first kappa shape index (κ1) is 48.5. The van der Waals surface area contributed by atoms with Gasteiger partial charge in [-0.05, 0) is 70.2 Å². The van der Waals surface area contributed by atoms with Gasteiger partial charge in [0.25, 0.3) is 0 Å². The average Bonchev–Trinajstić information content (AvgIpc) is 3.18. The largest absolute Gasteiger partial charge is 0.367 e. The number of hydrogen-bond donors (Lipinski definition) is 2. The Labute approximate surface area is 358 Å². The molecule has 4 aromatic rings. The third-order valence-corrected chi connectivity index (χ3v) is 26.8. The number of aryl methyl sites for hydroxylation is 4. The number of rotatable bonds is 14. The van der Waals surface area contributed by atoms with Crippen LogP contribution in [0.4, 0.5) is 29.2 Å². The van der Waals surface area contributed by atoms with E-state index in [4.69, 9.17) is 16.6 Å². The van der Waals surface area contributed by atoms with Crippen molar-refractivity contribution >= 4 is 45.3 Å². The summed E-state index contributed by atoms with van der Waals surface area (Å²) >= 11 is 3.51. The molecule has 14 heteroatoms. The van der Waals surface area contributed by atoms with Crippen molar-refractivity contribution in [3.05, 3.63) is 76.6 Å². The van der Waals surface area contributed by atoms with Crippen molar-refractivity contribution in [1.29, 1.82) is 0 Å². The number of aromatic nitrogens is 6. The number of halogens is 5. The maximum atomic E-state index is 13.2. The number of unbranched alkanes of at least 4 members (excludes halogenated alkanes) is 2. The van der Waals surface area contributed by atoms with Crippen LogP contribution in [-0.2, 0) is 0 Å². The fraction of sp³-hybridized carbons (Fsp3) is 0.600. The summed E-state index contributed by atoms with van der Waals surface area (Å²) in [6.45, 7) is 14.8. The minimum absolute atomic E-state index is 0.0299. The summed E-state index contributed by atoms with van der Waals surface area (Å²) < 4.78 is 58.5. The van der Waals surface area contributed by atoms with Crippen molar-refractivity contribution in [3.63, 3.8) is 0 Å². The van der Waals surface area contributed by atoms with Gasteiger partial charge in [0.2, 0.25) is 17.1 Å². The van der Waals surface area contributed by atoms with Crippen molar-refractivity contribution in [2.45, 2.75) is 169 Å². The van der Waals surface area contributed by atoms with E-state index < -0.39 is 30.2 Å². The molecule has 0 spiro atoms. The molecule has 0 radical (unpaired) electrons. The standard InChI is InChI=1S/C17H20F2N4.C11H14ClF2N3.C6H6N.2C4H9.C3H7.Sn/c1-11-4-3-5-14(20-11)16-21-12(2)10-15(23-16)22-13-6-8-17(18,19)9-7-13;1-7-6-9(17-10(12)15-7)16-8-2-4-11(13,14)5-3-8;1-6-4-2-3-5-7-6;2*1-3-4-2;1-3-2;/h3-5,10,13H,6-9H2,1-2H3,(H,21,22,23);6,8H,2-5H2,1H3,(H,15,16,17);2-4H,1H3;2*1,3-4H2,2H3;1,3H2,2H3;. The first-order chi connectivity index (χ1) is 28.0. The molecule has 59 heavy (non-hydrogen) atoms. The summed E-state index contributed by atoms with van der Waals surface area (Å²) in [5.41, 5.74) is 4.40. The molecule has 4 heterocycles. The van der Waals surface area contributed by atoms with Gasteiger partial charge in [-0.3, -0.25) is 0 Å². The van der Waals surface area contributed by atoms with E-state index in [1.807, 2.05) is 45.0 Å². The van der Waals surface area contributed by atoms with Crippen LogP contribution in [0.3, 0.4) is 0 Å². The van der Waals surface area contributed by atoms with Crippen LogP contribution >= 0.6 is 11.6 Å². The van der Waals surface area contributed by atoms with Crippen LogP contribution in [0.2, 0.25) is 18.6 Å². The van der Waals surface area contributed by atoms with E-state index in [-0.39, 0.29) is 43.1 Å². The second kappa shape index (κ2) is 23.2. The fourth-order valence-electron chi connectivity index (χ4n) is 7.92. The molecule has 0 bridgehead atoms. The van der Waals surface area contributed by atoms with E-state index in [2.05, 4.69) is 81.4 Å². The van der Waals surface area contributed by atoms with Crippen LogP contribution in [0, 0.1) is 27.7 Å². The van der Waals surface area contributed by atoms with E-state index in [0.717, 1.165) is 17.1 Å². The van der Waals surface area contributed by atoms with Crippen LogP contribution in [0.15, 0.2) is 48.5 Å². The van der Waals surface area contributed by atoms with Gasteiger partial charge in [0.15, 0.2) is 5.82 Å². The van der Waals surface area contributed by atoms with Gasteiger partial charge in [-0.25, -0.2) is 42.5 Å². The summed E-state index contributed by atoms with van der Waals surface area (Å²) in [5, 5.41) is 6.58. The number of anilines is 2. The van der Waals surface area contributed by atoms with Crippen molar-refractivity contribution in [2.24, 2.45) is 0 Å². The number of nitrogens with zero attached hydrogens (tertiary/aromatic N) is 6. The maximum absolute atomic E-state index is 13.2. The Morgan fingerprint density at radius 3 is 1.56 bits per heavy atom. The number of pyridine rings is 2. The van der Waals surface area contributed by atoms with Crippen LogP contribution in [-0.4, -0.2) is 72.2 Å². The molecule has 2 aliphatic carbocycles. The van der Waals surface area contributed by atoms with Gasteiger partial charge in [-0.2, -0.15) is 0 Å². The van der Waals surface area contributed by atoms with Crippen LogP contribution in [0.5, 0.6) is 0 Å². The molecule has 0 amide bonds. The molecule has 6 rings (SSSR count). The van der Waals surface area contributed by atoms with Crippen molar-refractivity contribution in [2.75, 3.05) is 10.6 Å². The third-order valence-electron chi connectivity index (χ3n) is 11.1. The summed E-state index contributed by atoms with van der Waals surface area (Å²) in [4.78, 5) is 26.3. The number of hydrogen-bond acceptors (Lipinski definition) is 8. The zero-order chi connectivity index (χ0) is 43.1. The van der Waals surface area contributed by atoms with Crippen molar-refractivity contribution < 1.29 is 17.6 Å². The maximum Gasteiger partial charge on any atom is 0.248 e. The molecule has 0 unspecified atom stereocenters. The minimum atomic E-state index is -2.52. The molecule has 2 fully saturated rings. The fourth-order valence-corrected chi connectivity index (χ4v) is 23.6. The molecule has 0 aromatic carbocycles. The zero-order valence-electron chi connectivity index (χ0n) is 36.2. The Balaban J connectivity index is 0.000000198. The molecule has 0 atom stereocenters. The molecular weight excluding hydrogens is 883 g/mol. The Kier molecular flexibility index (Phi) is 19.1. The summed E-state index contributed by atoms with van der Waals surface area (Å²) in [6.07, 6.45) is 8.38. The van der Waals surface area contributed by atoms with E-state index in [1.54, 1.807) is 9.78 Å². The Morgan fingerprint density at radius 1 is 0.593 bits per heavy atom. The van der Waals surface area contributed by atoms with E-state index in [0.29, 0.717) is 48.8 Å². The monoisotopic (exact) mass is 948 g/mol. The molecule has 8 nitrogen and oxygen atoms in total. The van der Waals surface area contributed by atoms with Gasteiger partial charge in [0.1, 0.15) is 17.3 Å². The first-order valence-electron chi connectivity index (χ1n) is 21.6. The van der Waals surface area contributed by atoms with Gasteiger partial charge in [-0.15, -0.1) is 0 Å². The van der Waals surface area contributed by atoms with Crippen LogP contribution < -0.4 is 14.3 Å². The van der Waals surface area contributed by atoms with E-state index >= 15 is 0 Å². The molecule has 324 valence electrons. The number of nitrogens with one attached hydrogen (secondary N) is 2. The van der Waals surface area contributed by atoms with E-state index in [1.165, 1.54) is 51.1 Å². The Morgan fingerprint density at radius 2 is 1.08 bits per heavy atom. The van der Waals surface area contributed by atoms with Gasteiger partial charge in [0, 0.05) is 67.0 Å². The summed E-state index contributed by atoms with van der Waals surface area (Å²) in [7, 11) is 0. The second-order valence-electron chi connectivity index (χ2n) is 16.5. The average molecular weight is 948 g/mol. The van der Waals surface area contributed by atoms with Crippen molar-refractivity contribution in [1.82, 2.24) is 29.9 Å². The normalized spacial score (nSPS) is 16.6. The quantitative estimate of drug-likeness (QED) is 0.0732. The molecule has 0 saturated heterocycles. The SMILES string of the molecule is CCC[CH2][Sn]([CH2]CC)([CH2]CCC)[c]1cccc(C)n1.Cc1cc(NC2CCC(F)(F)CC2)nc(Cl)n1.Cc1cccc(-c2nc(C)cc(NC3CCC(F)(F)CC3)n2)n1. The summed E-state index contributed by atoms with van der Waals surface area (Å²) in [5.74, 6) is -3.19. The van der Waals surface area contributed by atoms with Gasteiger partial charge >= 0.3 is 124 Å². The third kappa shape index (κ3) is 16.3. The molecule has 2 N–H and O–H groups in total. The number of alkyl halides is 4. The predicted molar refractivity (Wildman–Crippen MR) is 237 cm³/mol. The molecule has 0 aliphatic heterocycles. The van der Waals surface area contributed by atoms with Crippen molar-refractivity contribution in [3.8, 4) is 11.5 Å². The second-order valence-corrected chi connectivity index (χ2v) is 29.9. The smallest absolute Gasteiger partial charge is 0.248 e. The first-order valence-corrected chi connectivity index (χ1v) is 29.4. The zero-order valence-corrected chi connectivity index (χ0v) is 39.8. The summed E-state index contributed by atoms with van der Waals surface area (Å²) in [6, 6.07) is 16.1. The van der Waals surface area contributed by atoms with Crippen LogP contribution in [0.1, 0.15) is 127 Å². The van der Waals surface area contributed by atoms with Gasteiger partial charge in [0.05, 0.1) is 0 Å². The predicted octanol–water partition coefficient (Wildman–Crippen LogP) is 12.6. The van der Waals surface area contributed by atoms with Gasteiger partial charge < -0.3 is 10.6 Å². The molecule has 2 aliphatic rings.